The number of carboxylic acid groups (broad SMARTS) is 1. The van der Waals surface area contributed by atoms with Crippen molar-refractivity contribution >= 4 is 35.5 Å². The minimum atomic E-state index is -5.08. The van der Waals surface area contributed by atoms with Gasteiger partial charge in [-0.05, 0) is 37.3 Å². The topological polar surface area (TPSA) is 273 Å². The highest BCUT2D eigenvalue weighted by molar-refractivity contribution is 5.96. The van der Waals surface area contributed by atoms with E-state index in [4.69, 9.17) is 38.2 Å². The Hall–Kier alpha value is -5.19. The van der Waals surface area contributed by atoms with Crippen LogP contribution >= 0.6 is 0 Å². The third-order valence-electron chi connectivity index (χ3n) is 6.39. The van der Waals surface area contributed by atoms with Crippen LogP contribution < -0.4 is 33.6 Å². The number of amidine groups is 1. The number of amides is 3. The van der Waals surface area contributed by atoms with Crippen LogP contribution in [0.4, 0.5) is 13.2 Å². The molecule has 2 aromatic rings. The summed E-state index contributed by atoms with van der Waals surface area (Å²) in [6.07, 6.45) is -4.28. The predicted molar refractivity (Wildman–Crippen MR) is 159 cm³/mol. The van der Waals surface area contributed by atoms with Gasteiger partial charge in [0, 0.05) is 12.1 Å². The number of aliphatic carboxylic acids is 1. The summed E-state index contributed by atoms with van der Waals surface area (Å²) in [6.45, 7) is 1.28. The second-order valence-corrected chi connectivity index (χ2v) is 9.91. The molecule has 0 saturated carbocycles. The molecule has 45 heavy (non-hydrogen) atoms. The maximum atomic E-state index is 13.6. The maximum absolute atomic E-state index is 13.6. The average Bonchev–Trinajstić information content (AvgIpc) is 2.97. The highest BCUT2D eigenvalue weighted by Gasteiger charge is 2.39. The van der Waals surface area contributed by atoms with Crippen LogP contribution in [-0.2, 0) is 31.0 Å². The highest BCUT2D eigenvalue weighted by Crippen LogP contribution is 2.29. The van der Waals surface area contributed by atoms with Gasteiger partial charge in [0.25, 0.3) is 0 Å². The van der Waals surface area contributed by atoms with Crippen LogP contribution in [0.15, 0.2) is 59.6 Å². The fourth-order valence-electron chi connectivity index (χ4n) is 3.90. The Morgan fingerprint density at radius 3 is 1.93 bits per heavy atom. The van der Waals surface area contributed by atoms with Crippen molar-refractivity contribution in [2.75, 3.05) is 13.2 Å². The Labute approximate surface area is 256 Å². The number of aliphatic imine (C=N–C) groups is 1. The SMILES string of the molecule is C[C@](Cc1ccc(C(=N)N)cc1)(C(=O)N[C@@H](CO)C(=O)N[C@@H](CCCN=C(N)N)C(N)=O)c1ccccc1.O=C(O)C(F)(F)F. The molecule has 2 rings (SSSR count). The van der Waals surface area contributed by atoms with E-state index in [-0.39, 0.29) is 31.2 Å². The monoisotopic (exact) mass is 638 g/mol. The molecule has 2 aromatic carbocycles. The van der Waals surface area contributed by atoms with Crippen LogP contribution in [0, 0.1) is 5.41 Å². The second kappa shape index (κ2) is 17.2. The summed E-state index contributed by atoms with van der Waals surface area (Å²) >= 11 is 0. The summed E-state index contributed by atoms with van der Waals surface area (Å²) in [5, 5.41) is 29.7. The van der Waals surface area contributed by atoms with Crippen LogP contribution in [0.2, 0.25) is 0 Å². The Morgan fingerprint density at radius 2 is 1.49 bits per heavy atom. The smallest absolute Gasteiger partial charge is 0.475 e. The number of carbonyl (C=O) groups is 4. The van der Waals surface area contributed by atoms with Crippen LogP contribution in [0.25, 0.3) is 0 Å². The van der Waals surface area contributed by atoms with E-state index in [2.05, 4.69) is 15.6 Å². The summed E-state index contributed by atoms with van der Waals surface area (Å²) in [6, 6.07) is 13.6. The third-order valence-corrected chi connectivity index (χ3v) is 6.39. The Bertz CT molecular complexity index is 1350. The normalized spacial score (nSPS) is 13.4. The zero-order valence-electron chi connectivity index (χ0n) is 24.3. The van der Waals surface area contributed by atoms with Gasteiger partial charge in [-0.15, -0.1) is 0 Å². The predicted octanol–water partition coefficient (Wildman–Crippen LogP) is -0.395. The molecule has 246 valence electrons. The van der Waals surface area contributed by atoms with E-state index in [0.29, 0.717) is 17.5 Å². The van der Waals surface area contributed by atoms with Gasteiger partial charge in [0.15, 0.2) is 5.96 Å². The third kappa shape index (κ3) is 12.5. The number of hydrogen-bond acceptors (Lipinski definition) is 7. The van der Waals surface area contributed by atoms with Crippen LogP contribution in [0.3, 0.4) is 0 Å². The summed E-state index contributed by atoms with van der Waals surface area (Å²) < 4.78 is 31.7. The lowest BCUT2D eigenvalue weighted by atomic mass is 9.76. The molecule has 0 spiro atoms. The standard InChI is InChI=1S/C26H36N8O4.C2HF3O2/c1-26(18-6-3-2-4-7-18,14-16-9-11-17(12-10-16)21(27)28)24(38)34-20(15-35)23(37)33-19(22(29)36)8-5-13-32-25(30)31;3-2(4,5)1(6)7/h2-4,6-7,9-12,19-20,35H,5,8,13-15H2,1H3,(H3,27,28)(H2,29,36)(H,33,37)(H,34,38)(H4,30,31,32);(H,6,7)/t19-,20-,26+;/m0./s1. The molecule has 0 radical (unpaired) electrons. The second-order valence-electron chi connectivity index (χ2n) is 9.91. The largest absolute Gasteiger partial charge is 0.490 e. The maximum Gasteiger partial charge on any atom is 0.490 e. The summed E-state index contributed by atoms with van der Waals surface area (Å²) in [7, 11) is 0. The molecule has 3 atom stereocenters. The van der Waals surface area contributed by atoms with Crippen LogP contribution in [0.5, 0.6) is 0 Å². The number of carbonyl (C=O) groups excluding carboxylic acids is 3. The first-order valence-electron chi connectivity index (χ1n) is 13.3. The molecule has 0 saturated heterocycles. The van der Waals surface area contributed by atoms with E-state index < -0.39 is 54.0 Å². The summed E-state index contributed by atoms with van der Waals surface area (Å²) in [4.78, 5) is 51.1. The first-order chi connectivity index (χ1) is 20.9. The number of aliphatic hydroxyl groups excluding tert-OH is 1. The molecule has 0 unspecified atom stereocenters. The fraction of sp³-hybridized carbons (Fsp3) is 0.357. The first kappa shape index (κ1) is 37.8. The van der Waals surface area contributed by atoms with Gasteiger partial charge in [0.1, 0.15) is 17.9 Å². The molecule has 13 N–H and O–H groups in total. The van der Waals surface area contributed by atoms with Gasteiger partial charge in [-0.25, -0.2) is 4.79 Å². The van der Waals surface area contributed by atoms with Gasteiger partial charge in [0.2, 0.25) is 17.7 Å². The van der Waals surface area contributed by atoms with Gasteiger partial charge in [-0.2, -0.15) is 13.2 Å². The Morgan fingerprint density at radius 1 is 0.933 bits per heavy atom. The molecule has 0 aliphatic carbocycles. The van der Waals surface area contributed by atoms with Crippen molar-refractivity contribution in [3.8, 4) is 0 Å². The Kier molecular flexibility index (Phi) is 14.5. The lowest BCUT2D eigenvalue weighted by molar-refractivity contribution is -0.192. The zero-order chi connectivity index (χ0) is 34.4. The van der Waals surface area contributed by atoms with Crippen LogP contribution in [0.1, 0.15) is 36.5 Å². The molecule has 0 fully saturated rings. The van der Waals surface area contributed by atoms with Crippen molar-refractivity contribution in [2.45, 2.75) is 49.9 Å². The lowest BCUT2D eigenvalue weighted by Gasteiger charge is -2.31. The minimum absolute atomic E-state index is 0.0672. The molecule has 17 heteroatoms. The molecule has 0 heterocycles. The van der Waals surface area contributed by atoms with E-state index in [9.17, 15) is 32.7 Å². The number of halogens is 3. The van der Waals surface area contributed by atoms with Crippen molar-refractivity contribution in [1.82, 2.24) is 10.6 Å². The van der Waals surface area contributed by atoms with Crippen molar-refractivity contribution in [3.63, 3.8) is 0 Å². The minimum Gasteiger partial charge on any atom is -0.475 e. The molecule has 0 aromatic heterocycles. The van der Waals surface area contributed by atoms with Gasteiger partial charge >= 0.3 is 12.1 Å². The van der Waals surface area contributed by atoms with Crippen molar-refractivity contribution in [3.05, 3.63) is 71.3 Å². The Balaban J connectivity index is 0.00000129. The molecule has 0 aliphatic rings. The number of nitrogen functional groups attached to an aromatic ring is 1. The van der Waals surface area contributed by atoms with Gasteiger partial charge in [-0.1, -0.05) is 54.6 Å². The van der Waals surface area contributed by atoms with Crippen molar-refractivity contribution < 1.29 is 42.6 Å². The highest BCUT2D eigenvalue weighted by atomic mass is 19.4. The van der Waals surface area contributed by atoms with E-state index in [0.717, 1.165) is 5.56 Å². The van der Waals surface area contributed by atoms with E-state index in [1.165, 1.54) is 0 Å². The van der Waals surface area contributed by atoms with Gasteiger partial charge < -0.3 is 43.8 Å². The summed E-state index contributed by atoms with van der Waals surface area (Å²) in [5.74, 6) is -4.95. The number of hydrogen-bond donors (Lipinski definition) is 9. The number of guanidine groups is 1. The number of nitrogens with two attached hydrogens (primary N) is 4. The quantitative estimate of drug-likeness (QED) is 0.0739. The van der Waals surface area contributed by atoms with E-state index >= 15 is 0 Å². The molecule has 3 amide bonds. The average molecular weight is 639 g/mol. The van der Waals surface area contributed by atoms with Gasteiger partial charge in [0.05, 0.1) is 12.0 Å². The molecular formula is C28H37F3N8O6. The van der Waals surface area contributed by atoms with Crippen molar-refractivity contribution in [2.24, 2.45) is 27.9 Å². The number of aliphatic hydroxyl groups is 1. The van der Waals surface area contributed by atoms with E-state index in [1.807, 2.05) is 6.07 Å². The van der Waals surface area contributed by atoms with Gasteiger partial charge in [-0.3, -0.25) is 24.8 Å². The molecule has 0 aliphatic heterocycles. The molecule has 14 nitrogen and oxygen atoms in total. The van der Waals surface area contributed by atoms with Crippen molar-refractivity contribution in [1.29, 1.82) is 5.41 Å². The number of nitrogens with zero attached hydrogens (tertiary/aromatic N) is 1. The lowest BCUT2D eigenvalue weighted by Crippen LogP contribution is -2.57. The fourth-order valence-corrected chi connectivity index (χ4v) is 3.90. The number of carboxylic acids is 1. The zero-order valence-corrected chi connectivity index (χ0v) is 24.3. The number of primary amides is 1. The number of rotatable bonds is 14. The number of benzene rings is 2. The molecule has 0 bridgehead atoms. The summed E-state index contributed by atoms with van der Waals surface area (Å²) in [5.41, 5.74) is 22.4. The number of alkyl halides is 3. The first-order valence-corrected chi connectivity index (χ1v) is 13.3. The number of nitrogens with one attached hydrogen (secondary N) is 3. The van der Waals surface area contributed by atoms with E-state index in [1.54, 1.807) is 55.5 Å². The molecular weight excluding hydrogens is 601 g/mol. The van der Waals surface area contributed by atoms with Crippen LogP contribution in [-0.4, -0.2) is 77.1 Å².